The standard InChI is InChI=1S/C20H20N4O6S/c1-3-29-19(28)12-6-8-13(9-7-12)21-16(25)11-14-18(27)23(2)20(31)24(14)22-17(26)15-5-4-10-30-15/h4-10,14H,3,11H2,1-2H3,(H,21,25)(H,22,26). The number of anilines is 1. The van der Waals surface area contributed by atoms with E-state index >= 15 is 0 Å². The average molecular weight is 444 g/mol. The van der Waals surface area contributed by atoms with E-state index in [1.165, 1.54) is 41.4 Å². The highest BCUT2D eigenvalue weighted by Gasteiger charge is 2.43. The third-order valence-electron chi connectivity index (χ3n) is 4.45. The Kier molecular flexibility index (Phi) is 6.65. The van der Waals surface area contributed by atoms with Crippen molar-refractivity contribution in [2.45, 2.75) is 19.4 Å². The van der Waals surface area contributed by atoms with Gasteiger partial charge in [0, 0.05) is 12.7 Å². The van der Waals surface area contributed by atoms with Crippen LogP contribution in [0.3, 0.4) is 0 Å². The Morgan fingerprint density at radius 2 is 1.90 bits per heavy atom. The molecule has 0 spiro atoms. The molecule has 0 aliphatic carbocycles. The zero-order valence-corrected chi connectivity index (χ0v) is 17.6. The fraction of sp³-hybridized carbons (Fsp3) is 0.250. The number of rotatable bonds is 7. The number of thiocarbonyl (C=S) groups is 1. The smallest absolute Gasteiger partial charge is 0.338 e. The lowest BCUT2D eigenvalue weighted by Crippen LogP contribution is -2.49. The summed E-state index contributed by atoms with van der Waals surface area (Å²) in [5.74, 6) is -1.93. The zero-order valence-electron chi connectivity index (χ0n) is 16.8. The second-order valence-corrected chi connectivity index (χ2v) is 6.90. The van der Waals surface area contributed by atoms with Crippen LogP contribution in [0.5, 0.6) is 0 Å². The van der Waals surface area contributed by atoms with Gasteiger partial charge in [-0.25, -0.2) is 9.80 Å². The maximum absolute atomic E-state index is 12.6. The third kappa shape index (κ3) is 4.89. The molecule has 0 bridgehead atoms. The summed E-state index contributed by atoms with van der Waals surface area (Å²) in [6.07, 6.45) is 1.08. The number of nitrogens with zero attached hydrogens (tertiary/aromatic N) is 2. The molecule has 1 aliphatic rings. The number of carbonyl (C=O) groups is 4. The highest BCUT2D eigenvalue weighted by Crippen LogP contribution is 2.19. The van der Waals surface area contributed by atoms with Gasteiger partial charge in [0.15, 0.2) is 10.9 Å². The topological polar surface area (TPSA) is 121 Å². The van der Waals surface area contributed by atoms with Crippen molar-refractivity contribution in [1.29, 1.82) is 0 Å². The van der Waals surface area contributed by atoms with Crippen LogP contribution in [-0.2, 0) is 14.3 Å². The van der Waals surface area contributed by atoms with Crippen molar-refractivity contribution in [2.75, 3.05) is 19.0 Å². The van der Waals surface area contributed by atoms with E-state index in [0.717, 1.165) is 0 Å². The molecule has 1 aliphatic heterocycles. The van der Waals surface area contributed by atoms with Gasteiger partial charge in [-0.3, -0.25) is 24.7 Å². The number of nitrogens with one attached hydrogen (secondary N) is 2. The lowest BCUT2D eigenvalue weighted by Gasteiger charge is -2.23. The molecule has 2 N–H and O–H groups in total. The molecule has 11 heteroatoms. The molecule has 1 fully saturated rings. The highest BCUT2D eigenvalue weighted by atomic mass is 32.1. The second kappa shape index (κ2) is 9.39. The molecule has 3 amide bonds. The molecular weight excluding hydrogens is 424 g/mol. The largest absolute Gasteiger partial charge is 0.462 e. The van der Waals surface area contributed by atoms with Gasteiger partial charge in [-0.1, -0.05) is 0 Å². The molecule has 1 aromatic carbocycles. The van der Waals surface area contributed by atoms with Crippen LogP contribution < -0.4 is 10.7 Å². The van der Waals surface area contributed by atoms with Gasteiger partial charge in [-0.05, 0) is 55.5 Å². The van der Waals surface area contributed by atoms with Gasteiger partial charge in [-0.2, -0.15) is 0 Å². The van der Waals surface area contributed by atoms with Crippen LogP contribution in [-0.4, -0.2) is 58.4 Å². The molecule has 2 aromatic rings. The maximum atomic E-state index is 12.6. The second-order valence-electron chi connectivity index (χ2n) is 6.53. The summed E-state index contributed by atoms with van der Waals surface area (Å²) in [5.41, 5.74) is 3.30. The van der Waals surface area contributed by atoms with E-state index in [-0.39, 0.29) is 23.9 Å². The summed E-state index contributed by atoms with van der Waals surface area (Å²) >= 11 is 5.22. The SMILES string of the molecule is CCOC(=O)c1ccc(NC(=O)CC2C(=O)N(C)C(=S)N2NC(=O)c2ccco2)cc1. The molecule has 10 nitrogen and oxygen atoms in total. The van der Waals surface area contributed by atoms with Crippen LogP contribution in [0, 0.1) is 0 Å². The predicted molar refractivity (Wildman–Crippen MR) is 113 cm³/mol. The average Bonchev–Trinajstić information content (AvgIpc) is 3.35. The van der Waals surface area contributed by atoms with Crippen LogP contribution in [0.15, 0.2) is 47.1 Å². The molecule has 1 aromatic heterocycles. The molecule has 1 unspecified atom stereocenters. The van der Waals surface area contributed by atoms with Crippen LogP contribution in [0.4, 0.5) is 5.69 Å². The first kappa shape index (κ1) is 22.0. The number of amides is 3. The van der Waals surface area contributed by atoms with E-state index in [4.69, 9.17) is 21.4 Å². The first-order valence-corrected chi connectivity index (χ1v) is 9.75. The first-order chi connectivity index (χ1) is 14.8. The van der Waals surface area contributed by atoms with Gasteiger partial charge < -0.3 is 14.5 Å². The van der Waals surface area contributed by atoms with Crippen molar-refractivity contribution in [3.05, 3.63) is 54.0 Å². The Morgan fingerprint density at radius 1 is 1.19 bits per heavy atom. The third-order valence-corrected chi connectivity index (χ3v) is 4.92. The number of hydrogen-bond donors (Lipinski definition) is 2. The number of carbonyl (C=O) groups excluding carboxylic acids is 4. The minimum absolute atomic E-state index is 0.0368. The van der Waals surface area contributed by atoms with Crippen molar-refractivity contribution in [3.63, 3.8) is 0 Å². The van der Waals surface area contributed by atoms with E-state index in [1.54, 1.807) is 25.1 Å². The lowest BCUT2D eigenvalue weighted by molar-refractivity contribution is -0.130. The summed E-state index contributed by atoms with van der Waals surface area (Å²) in [6, 6.07) is 8.13. The van der Waals surface area contributed by atoms with Gasteiger partial charge in [-0.15, -0.1) is 0 Å². The lowest BCUT2D eigenvalue weighted by atomic mass is 10.1. The van der Waals surface area contributed by atoms with Crippen LogP contribution in [0.2, 0.25) is 0 Å². The van der Waals surface area contributed by atoms with Crippen molar-refractivity contribution in [1.82, 2.24) is 15.3 Å². The summed E-state index contributed by atoms with van der Waals surface area (Å²) in [6.45, 7) is 1.97. The van der Waals surface area contributed by atoms with Crippen LogP contribution in [0.25, 0.3) is 0 Å². The number of esters is 1. The molecule has 0 radical (unpaired) electrons. The van der Waals surface area contributed by atoms with E-state index < -0.39 is 29.7 Å². The quantitative estimate of drug-likeness (QED) is 0.488. The van der Waals surface area contributed by atoms with E-state index in [2.05, 4.69) is 10.7 Å². The molecule has 0 saturated carbocycles. The molecule has 3 rings (SSSR count). The molecule has 2 heterocycles. The van der Waals surface area contributed by atoms with Crippen molar-refractivity contribution in [3.8, 4) is 0 Å². The van der Waals surface area contributed by atoms with Gasteiger partial charge in [0.05, 0.1) is 24.9 Å². The Balaban J connectivity index is 1.66. The minimum Gasteiger partial charge on any atom is -0.462 e. The van der Waals surface area contributed by atoms with E-state index in [1.807, 2.05) is 0 Å². The summed E-state index contributed by atoms with van der Waals surface area (Å²) in [7, 11) is 1.46. The normalized spacial score (nSPS) is 15.7. The number of hydrazine groups is 1. The maximum Gasteiger partial charge on any atom is 0.338 e. The Bertz CT molecular complexity index is 1010. The van der Waals surface area contributed by atoms with Crippen molar-refractivity contribution in [2.24, 2.45) is 0 Å². The van der Waals surface area contributed by atoms with E-state index in [9.17, 15) is 19.2 Å². The van der Waals surface area contributed by atoms with Crippen LogP contribution >= 0.6 is 12.2 Å². The predicted octanol–water partition coefficient (Wildman–Crippen LogP) is 1.56. The zero-order chi connectivity index (χ0) is 22.5. The van der Waals surface area contributed by atoms with Gasteiger partial charge >= 0.3 is 11.9 Å². The molecular formula is C20H20N4O6S. The van der Waals surface area contributed by atoms with Gasteiger partial charge in [0.25, 0.3) is 5.91 Å². The van der Waals surface area contributed by atoms with E-state index in [0.29, 0.717) is 11.3 Å². The van der Waals surface area contributed by atoms with Crippen molar-refractivity contribution >= 4 is 46.7 Å². The Labute approximate surface area is 183 Å². The number of benzene rings is 1. The van der Waals surface area contributed by atoms with Gasteiger partial charge in [0.2, 0.25) is 5.91 Å². The fourth-order valence-electron chi connectivity index (χ4n) is 2.89. The number of hydrogen-bond acceptors (Lipinski definition) is 7. The summed E-state index contributed by atoms with van der Waals surface area (Å²) in [4.78, 5) is 50.3. The summed E-state index contributed by atoms with van der Waals surface area (Å²) in [5, 5.41) is 3.89. The summed E-state index contributed by atoms with van der Waals surface area (Å²) < 4.78 is 9.95. The van der Waals surface area contributed by atoms with Gasteiger partial charge in [0.1, 0.15) is 6.04 Å². The molecule has 1 saturated heterocycles. The molecule has 1 atom stereocenters. The molecule has 162 valence electrons. The minimum atomic E-state index is -1.02. The Morgan fingerprint density at radius 3 is 2.52 bits per heavy atom. The monoisotopic (exact) mass is 444 g/mol. The highest BCUT2D eigenvalue weighted by molar-refractivity contribution is 7.80. The molecule has 31 heavy (non-hydrogen) atoms. The number of ether oxygens (including phenoxy) is 1. The van der Waals surface area contributed by atoms with Crippen molar-refractivity contribution < 1.29 is 28.3 Å². The number of furan rings is 1. The first-order valence-electron chi connectivity index (χ1n) is 9.34. The number of likely N-dealkylation sites (N-methyl/N-ethyl adjacent to an activating group) is 1. The Hall–Kier alpha value is -3.73. The van der Waals surface area contributed by atoms with Crippen LogP contribution in [0.1, 0.15) is 34.3 Å². The fourth-order valence-corrected chi connectivity index (χ4v) is 3.15.